The second-order valence-electron chi connectivity index (χ2n) is 11.7. The van der Waals surface area contributed by atoms with Gasteiger partial charge in [-0.1, -0.05) is 142 Å². The maximum Gasteiger partial charge on any atom is 0.315 e. The number of hydrogen-bond acceptors (Lipinski definition) is 2. The van der Waals surface area contributed by atoms with Gasteiger partial charge in [-0.3, -0.25) is 0 Å². The van der Waals surface area contributed by atoms with Crippen LogP contribution in [0.25, 0.3) is 0 Å². The molecule has 6 nitrogen and oxygen atoms in total. The fourth-order valence-electron chi connectivity index (χ4n) is 5.54. The van der Waals surface area contributed by atoms with E-state index in [1.165, 1.54) is 116 Å². The second-order valence-corrected chi connectivity index (χ2v) is 11.7. The topological polar surface area (TPSA) is 82.3 Å². The van der Waals surface area contributed by atoms with Gasteiger partial charge in [0, 0.05) is 13.1 Å². The van der Waals surface area contributed by atoms with E-state index in [9.17, 15) is 9.59 Å². The minimum Gasteiger partial charge on any atom is -0.338 e. The van der Waals surface area contributed by atoms with Gasteiger partial charge in [-0.2, -0.15) is 0 Å². The first-order valence-electron chi connectivity index (χ1n) is 16.8. The average molecular weight is 537 g/mol. The Labute approximate surface area is 236 Å². The molecular weight excluding hydrogens is 472 g/mol. The van der Waals surface area contributed by atoms with Crippen LogP contribution in [0, 0.1) is 0 Å². The van der Waals surface area contributed by atoms with Gasteiger partial charge in [-0.15, -0.1) is 0 Å². The number of nitrogens with one attached hydrogen (secondary N) is 4. The molecule has 0 aromatic rings. The normalized spacial score (nSPS) is 17.2. The Morgan fingerprint density at radius 3 is 1.08 bits per heavy atom. The average Bonchev–Trinajstić information content (AvgIpc) is 2.91. The van der Waals surface area contributed by atoms with Gasteiger partial charge in [0.1, 0.15) is 0 Å². The van der Waals surface area contributed by atoms with Crippen molar-refractivity contribution >= 4 is 12.1 Å². The third-order valence-electron chi connectivity index (χ3n) is 8.03. The van der Waals surface area contributed by atoms with Crippen LogP contribution in [0.2, 0.25) is 0 Å². The van der Waals surface area contributed by atoms with E-state index in [-0.39, 0.29) is 24.1 Å². The van der Waals surface area contributed by atoms with E-state index < -0.39 is 0 Å². The molecule has 0 bridgehead atoms. The molecule has 1 aliphatic rings. The Morgan fingerprint density at radius 2 is 0.763 bits per heavy atom. The van der Waals surface area contributed by atoms with E-state index in [1.54, 1.807) is 0 Å². The molecule has 0 unspecified atom stereocenters. The van der Waals surface area contributed by atoms with Crippen molar-refractivity contribution in [3.63, 3.8) is 0 Å². The van der Waals surface area contributed by atoms with E-state index in [0.29, 0.717) is 0 Å². The highest BCUT2D eigenvalue weighted by Gasteiger charge is 2.27. The summed E-state index contributed by atoms with van der Waals surface area (Å²) in [5, 5.41) is 12.3. The number of hydrogen-bond donors (Lipinski definition) is 4. The minimum absolute atomic E-state index is 0.0135. The third-order valence-corrected chi connectivity index (χ3v) is 8.03. The standard InChI is InChI=1S/C32H64N4O2/c1-3-5-7-9-11-13-15-17-19-23-27-33-31(37)35-29-25-21-22-26-30(29)36-32(38)34-28-24-20-18-16-14-12-10-8-6-4-2/h29-30H,3-28H2,1-2H3,(H2,33,35,37)(H2,34,36,38)/t29-,30-/m0/s1. The summed E-state index contributed by atoms with van der Waals surface area (Å²) in [7, 11) is 0. The minimum atomic E-state index is -0.0922. The van der Waals surface area contributed by atoms with Crippen LogP contribution in [-0.4, -0.2) is 37.2 Å². The molecular formula is C32H64N4O2. The Hall–Kier alpha value is -1.46. The summed E-state index contributed by atoms with van der Waals surface area (Å²) in [6.07, 6.45) is 30.0. The Kier molecular flexibility index (Phi) is 23.5. The molecule has 0 saturated heterocycles. The van der Waals surface area contributed by atoms with Gasteiger partial charge in [0.15, 0.2) is 0 Å². The van der Waals surface area contributed by atoms with E-state index in [0.717, 1.165) is 51.6 Å². The highest BCUT2D eigenvalue weighted by atomic mass is 16.2. The third kappa shape index (κ3) is 20.5. The molecule has 2 atom stereocenters. The summed E-state index contributed by atoms with van der Waals surface area (Å²) >= 11 is 0. The fraction of sp³-hybridized carbons (Fsp3) is 0.938. The van der Waals surface area contributed by atoms with Crippen molar-refractivity contribution in [2.45, 2.75) is 180 Å². The van der Waals surface area contributed by atoms with Crippen molar-refractivity contribution in [1.82, 2.24) is 21.3 Å². The number of amides is 4. The molecule has 4 N–H and O–H groups in total. The lowest BCUT2D eigenvalue weighted by Crippen LogP contribution is -2.56. The maximum atomic E-state index is 12.4. The van der Waals surface area contributed by atoms with Gasteiger partial charge in [0.25, 0.3) is 0 Å². The molecule has 0 aromatic heterocycles. The van der Waals surface area contributed by atoms with Crippen molar-refractivity contribution in [2.75, 3.05) is 13.1 Å². The van der Waals surface area contributed by atoms with E-state index in [1.807, 2.05) is 0 Å². The van der Waals surface area contributed by atoms with E-state index in [2.05, 4.69) is 35.1 Å². The van der Waals surface area contributed by atoms with Crippen molar-refractivity contribution < 1.29 is 9.59 Å². The van der Waals surface area contributed by atoms with Gasteiger partial charge in [-0.05, 0) is 25.7 Å². The zero-order valence-corrected chi connectivity index (χ0v) is 25.4. The van der Waals surface area contributed by atoms with E-state index in [4.69, 9.17) is 0 Å². The van der Waals surface area contributed by atoms with Crippen molar-refractivity contribution in [3.8, 4) is 0 Å². The van der Waals surface area contributed by atoms with Gasteiger partial charge in [0.2, 0.25) is 0 Å². The monoisotopic (exact) mass is 537 g/mol. The summed E-state index contributed by atoms with van der Waals surface area (Å²) in [6.45, 7) is 5.98. The molecule has 0 aromatic carbocycles. The van der Waals surface area contributed by atoms with Crippen molar-refractivity contribution in [3.05, 3.63) is 0 Å². The van der Waals surface area contributed by atoms with Crippen LogP contribution >= 0.6 is 0 Å². The summed E-state index contributed by atoms with van der Waals surface area (Å²) in [6, 6.07) is -0.158. The highest BCUT2D eigenvalue weighted by Crippen LogP contribution is 2.19. The quantitative estimate of drug-likeness (QED) is 0.0930. The molecule has 1 fully saturated rings. The molecule has 4 amide bonds. The maximum absolute atomic E-state index is 12.4. The molecule has 6 heteroatoms. The Balaban J connectivity index is 2.04. The molecule has 1 saturated carbocycles. The van der Waals surface area contributed by atoms with Crippen LogP contribution in [0.3, 0.4) is 0 Å². The van der Waals surface area contributed by atoms with Crippen LogP contribution in [0.1, 0.15) is 168 Å². The number of carbonyl (C=O) groups is 2. The fourth-order valence-corrected chi connectivity index (χ4v) is 5.54. The lowest BCUT2D eigenvalue weighted by Gasteiger charge is -2.32. The predicted octanol–water partition coefficient (Wildman–Crippen LogP) is 8.74. The molecule has 0 radical (unpaired) electrons. The van der Waals surface area contributed by atoms with Gasteiger partial charge in [-0.25, -0.2) is 9.59 Å². The summed E-state index contributed by atoms with van der Waals surface area (Å²) in [4.78, 5) is 24.9. The molecule has 38 heavy (non-hydrogen) atoms. The predicted molar refractivity (Wildman–Crippen MR) is 163 cm³/mol. The largest absolute Gasteiger partial charge is 0.338 e. The molecule has 0 heterocycles. The number of rotatable bonds is 24. The van der Waals surface area contributed by atoms with Crippen molar-refractivity contribution in [2.24, 2.45) is 0 Å². The second kappa shape index (κ2) is 25.8. The zero-order valence-electron chi connectivity index (χ0n) is 25.4. The smallest absolute Gasteiger partial charge is 0.315 e. The Bertz CT molecular complexity index is 510. The molecule has 0 spiro atoms. The SMILES string of the molecule is CCCCCCCCCCCCNC(=O)N[C@H]1CCCC[C@@H]1NC(=O)NCCCCCCCCCCCC. The van der Waals surface area contributed by atoms with E-state index >= 15 is 0 Å². The molecule has 1 aliphatic carbocycles. The van der Waals surface area contributed by atoms with Gasteiger partial charge >= 0.3 is 12.1 Å². The first-order valence-corrected chi connectivity index (χ1v) is 16.8. The van der Waals surface area contributed by atoms with Gasteiger partial charge in [0.05, 0.1) is 12.1 Å². The lowest BCUT2D eigenvalue weighted by molar-refractivity contribution is 0.213. The highest BCUT2D eigenvalue weighted by molar-refractivity contribution is 5.75. The summed E-state index contributed by atoms with van der Waals surface area (Å²) in [5.74, 6) is 0. The van der Waals surface area contributed by atoms with Crippen LogP contribution in [0.5, 0.6) is 0 Å². The number of unbranched alkanes of at least 4 members (excludes halogenated alkanes) is 18. The first-order chi connectivity index (χ1) is 18.7. The summed E-state index contributed by atoms with van der Waals surface area (Å²) < 4.78 is 0. The Morgan fingerprint density at radius 1 is 0.474 bits per heavy atom. The van der Waals surface area contributed by atoms with Crippen LogP contribution in [-0.2, 0) is 0 Å². The summed E-state index contributed by atoms with van der Waals surface area (Å²) in [5.41, 5.74) is 0. The number of carbonyl (C=O) groups excluding carboxylic acids is 2. The van der Waals surface area contributed by atoms with Crippen LogP contribution < -0.4 is 21.3 Å². The first kappa shape index (κ1) is 34.6. The molecule has 224 valence electrons. The molecule has 1 rings (SSSR count). The van der Waals surface area contributed by atoms with Crippen molar-refractivity contribution in [1.29, 1.82) is 0 Å². The molecule has 0 aliphatic heterocycles. The van der Waals surface area contributed by atoms with Crippen LogP contribution in [0.15, 0.2) is 0 Å². The lowest BCUT2D eigenvalue weighted by atomic mass is 9.90. The zero-order chi connectivity index (χ0) is 27.5. The van der Waals surface area contributed by atoms with Gasteiger partial charge < -0.3 is 21.3 Å². The van der Waals surface area contributed by atoms with Crippen LogP contribution in [0.4, 0.5) is 9.59 Å². The number of urea groups is 2.